The molecule has 0 fully saturated rings. The number of thioether (sulfide) groups is 1. The summed E-state index contributed by atoms with van der Waals surface area (Å²) in [6.07, 6.45) is 1.82. The highest BCUT2D eigenvalue weighted by atomic mass is 79.9. The Morgan fingerprint density at radius 1 is 0.900 bits per heavy atom. The third-order valence-electron chi connectivity index (χ3n) is 2.96. The fourth-order valence-electron chi connectivity index (χ4n) is 1.92. The van der Waals surface area contributed by atoms with Crippen molar-refractivity contribution in [3.63, 3.8) is 0 Å². The van der Waals surface area contributed by atoms with Gasteiger partial charge in [-0.2, -0.15) is 0 Å². The van der Waals surface area contributed by atoms with Crippen LogP contribution < -0.4 is 0 Å². The molecule has 3 aromatic rings. The first-order valence-electron chi connectivity index (χ1n) is 6.32. The van der Waals surface area contributed by atoms with Crippen LogP contribution in [0.4, 0.5) is 0 Å². The lowest BCUT2D eigenvalue weighted by molar-refractivity contribution is 0.531. The topological polar surface area (TPSA) is 13.1 Å². The zero-order chi connectivity index (χ0) is 13.8. The van der Waals surface area contributed by atoms with Crippen molar-refractivity contribution in [2.45, 2.75) is 10.6 Å². The van der Waals surface area contributed by atoms with Crippen LogP contribution in [0.25, 0.3) is 11.1 Å². The fourth-order valence-corrected chi connectivity index (χ4v) is 3.00. The number of halogens is 1. The first kappa shape index (κ1) is 13.5. The van der Waals surface area contributed by atoms with Crippen LogP contribution in [0.3, 0.4) is 0 Å². The standard InChI is InChI=1S/C17H13BrOS/c18-15-8-6-13(7-9-15)14-10-16(19-11-14)12-20-17-4-2-1-3-5-17/h1-11H,12H2. The van der Waals surface area contributed by atoms with Crippen molar-refractivity contribution in [1.82, 2.24) is 0 Å². The van der Waals surface area contributed by atoms with Gasteiger partial charge in [0.15, 0.2) is 0 Å². The van der Waals surface area contributed by atoms with Gasteiger partial charge >= 0.3 is 0 Å². The molecule has 0 amide bonds. The Morgan fingerprint density at radius 2 is 1.65 bits per heavy atom. The largest absolute Gasteiger partial charge is 0.468 e. The van der Waals surface area contributed by atoms with E-state index in [1.54, 1.807) is 11.8 Å². The minimum atomic E-state index is 0.848. The van der Waals surface area contributed by atoms with Gasteiger partial charge < -0.3 is 4.42 Å². The van der Waals surface area contributed by atoms with E-state index in [1.807, 2.05) is 24.5 Å². The van der Waals surface area contributed by atoms with Crippen LogP contribution in [-0.4, -0.2) is 0 Å². The Bertz CT molecular complexity index is 674. The lowest BCUT2D eigenvalue weighted by Gasteiger charge is -1.98. The molecule has 0 spiro atoms. The van der Waals surface area contributed by atoms with Crippen LogP contribution in [0.2, 0.25) is 0 Å². The highest BCUT2D eigenvalue weighted by molar-refractivity contribution is 9.10. The molecule has 0 aliphatic heterocycles. The molecular weight excluding hydrogens is 332 g/mol. The molecule has 0 radical (unpaired) electrons. The molecule has 1 aromatic heterocycles. The van der Waals surface area contributed by atoms with Gasteiger partial charge in [0, 0.05) is 14.9 Å². The van der Waals surface area contributed by atoms with Crippen molar-refractivity contribution in [3.05, 3.63) is 77.2 Å². The maximum absolute atomic E-state index is 5.64. The smallest absolute Gasteiger partial charge is 0.114 e. The molecule has 0 saturated carbocycles. The van der Waals surface area contributed by atoms with Crippen LogP contribution in [-0.2, 0) is 5.75 Å². The summed E-state index contributed by atoms with van der Waals surface area (Å²) in [5.74, 6) is 1.84. The predicted octanol–water partition coefficient (Wildman–Crippen LogP) is 6.00. The van der Waals surface area contributed by atoms with E-state index in [0.29, 0.717) is 0 Å². The molecule has 100 valence electrons. The van der Waals surface area contributed by atoms with E-state index in [9.17, 15) is 0 Å². The molecule has 0 atom stereocenters. The van der Waals surface area contributed by atoms with Gasteiger partial charge in [-0.25, -0.2) is 0 Å². The lowest BCUT2D eigenvalue weighted by Crippen LogP contribution is -1.76. The van der Waals surface area contributed by atoms with Gasteiger partial charge in [0.05, 0.1) is 12.0 Å². The monoisotopic (exact) mass is 344 g/mol. The summed E-state index contributed by atoms with van der Waals surface area (Å²) in [5.41, 5.74) is 2.30. The second kappa shape index (κ2) is 6.33. The molecule has 0 aliphatic rings. The van der Waals surface area contributed by atoms with Gasteiger partial charge in [-0.05, 0) is 35.9 Å². The molecule has 0 aliphatic carbocycles. The molecule has 0 unspecified atom stereocenters. The SMILES string of the molecule is Brc1ccc(-c2coc(CSc3ccccc3)c2)cc1. The average Bonchev–Trinajstić information content (AvgIpc) is 2.96. The minimum absolute atomic E-state index is 0.848. The highest BCUT2D eigenvalue weighted by Crippen LogP contribution is 2.28. The number of hydrogen-bond acceptors (Lipinski definition) is 2. The van der Waals surface area contributed by atoms with Crippen LogP contribution in [0.15, 0.2) is 80.7 Å². The van der Waals surface area contributed by atoms with Crippen molar-refractivity contribution in [3.8, 4) is 11.1 Å². The van der Waals surface area contributed by atoms with Crippen molar-refractivity contribution in [1.29, 1.82) is 0 Å². The molecule has 0 saturated heterocycles. The van der Waals surface area contributed by atoms with E-state index in [4.69, 9.17) is 4.42 Å². The van der Waals surface area contributed by atoms with Gasteiger partial charge in [-0.15, -0.1) is 11.8 Å². The first-order valence-corrected chi connectivity index (χ1v) is 8.10. The second-order valence-corrected chi connectivity index (χ2v) is 6.37. The van der Waals surface area contributed by atoms with Crippen molar-refractivity contribution in [2.24, 2.45) is 0 Å². The molecule has 1 heterocycles. The lowest BCUT2D eigenvalue weighted by atomic mass is 10.1. The summed E-state index contributed by atoms with van der Waals surface area (Å²) >= 11 is 5.23. The Balaban J connectivity index is 1.69. The number of rotatable bonds is 4. The summed E-state index contributed by atoms with van der Waals surface area (Å²) in [6.45, 7) is 0. The highest BCUT2D eigenvalue weighted by Gasteiger charge is 2.05. The zero-order valence-electron chi connectivity index (χ0n) is 10.8. The Labute approximate surface area is 131 Å². The van der Waals surface area contributed by atoms with Crippen molar-refractivity contribution in [2.75, 3.05) is 0 Å². The van der Waals surface area contributed by atoms with Crippen LogP contribution in [0.1, 0.15) is 5.76 Å². The van der Waals surface area contributed by atoms with E-state index < -0.39 is 0 Å². The van der Waals surface area contributed by atoms with Crippen molar-refractivity contribution < 1.29 is 4.42 Å². The van der Waals surface area contributed by atoms with Gasteiger partial charge in [-0.1, -0.05) is 46.3 Å². The quantitative estimate of drug-likeness (QED) is 0.538. The fraction of sp³-hybridized carbons (Fsp3) is 0.0588. The van der Waals surface area contributed by atoms with Gasteiger partial charge in [0.2, 0.25) is 0 Å². The number of furan rings is 1. The summed E-state index contributed by atoms with van der Waals surface area (Å²) in [5, 5.41) is 0. The van der Waals surface area contributed by atoms with Gasteiger partial charge in [0.1, 0.15) is 5.76 Å². The Kier molecular flexibility index (Phi) is 4.28. The molecule has 2 aromatic carbocycles. The summed E-state index contributed by atoms with van der Waals surface area (Å²) < 4.78 is 6.73. The van der Waals surface area contributed by atoms with Crippen molar-refractivity contribution >= 4 is 27.7 Å². The maximum Gasteiger partial charge on any atom is 0.114 e. The van der Waals surface area contributed by atoms with E-state index in [1.165, 1.54) is 10.5 Å². The second-order valence-electron chi connectivity index (χ2n) is 4.41. The molecule has 3 rings (SSSR count). The third kappa shape index (κ3) is 3.35. The van der Waals surface area contributed by atoms with Gasteiger partial charge in [0.25, 0.3) is 0 Å². The molecule has 3 heteroatoms. The van der Waals surface area contributed by atoms with Gasteiger partial charge in [-0.3, -0.25) is 0 Å². The maximum atomic E-state index is 5.64. The zero-order valence-corrected chi connectivity index (χ0v) is 13.2. The van der Waals surface area contributed by atoms with Crippen LogP contribution in [0, 0.1) is 0 Å². The van der Waals surface area contributed by atoms with E-state index in [-0.39, 0.29) is 0 Å². The average molecular weight is 345 g/mol. The van der Waals surface area contributed by atoms with Crippen LogP contribution in [0.5, 0.6) is 0 Å². The molecular formula is C17H13BrOS. The van der Waals surface area contributed by atoms with E-state index >= 15 is 0 Å². The predicted molar refractivity (Wildman–Crippen MR) is 87.8 cm³/mol. The number of hydrogen-bond donors (Lipinski definition) is 0. The molecule has 0 N–H and O–H groups in total. The normalized spacial score (nSPS) is 10.7. The minimum Gasteiger partial charge on any atom is -0.468 e. The van der Waals surface area contributed by atoms with E-state index in [2.05, 4.69) is 58.4 Å². The Hall–Kier alpha value is -1.45. The Morgan fingerprint density at radius 3 is 2.40 bits per heavy atom. The first-order chi connectivity index (χ1) is 9.81. The molecule has 1 nitrogen and oxygen atoms in total. The van der Waals surface area contributed by atoms with E-state index in [0.717, 1.165) is 21.5 Å². The summed E-state index contributed by atoms with van der Waals surface area (Å²) in [7, 11) is 0. The molecule has 20 heavy (non-hydrogen) atoms. The molecule has 0 bridgehead atoms. The van der Waals surface area contributed by atoms with Crippen LogP contribution >= 0.6 is 27.7 Å². The summed E-state index contributed by atoms with van der Waals surface area (Å²) in [4.78, 5) is 1.26. The summed E-state index contributed by atoms with van der Waals surface area (Å²) in [6, 6.07) is 20.7. The number of benzene rings is 2. The third-order valence-corrected chi connectivity index (χ3v) is 4.52.